The van der Waals surface area contributed by atoms with Crippen molar-refractivity contribution in [1.29, 1.82) is 0 Å². The molecule has 15 heavy (non-hydrogen) atoms. The normalized spacial score (nSPS) is 23.4. The smallest absolute Gasteiger partial charge is 0.0608 e. The second kappa shape index (κ2) is 7.24. The molecule has 2 unspecified atom stereocenters. The molecule has 1 aliphatic carbocycles. The third-order valence-electron chi connectivity index (χ3n) is 3.83. The molecule has 0 saturated heterocycles. The molecule has 1 rings (SSSR count). The third-order valence-corrected chi connectivity index (χ3v) is 3.83. The Morgan fingerprint density at radius 1 is 1.20 bits per heavy atom. The fraction of sp³-hybridized carbons (Fsp3) is 1.00. The minimum Gasteiger partial charge on any atom is -0.393 e. The van der Waals surface area contributed by atoms with Gasteiger partial charge >= 0.3 is 0 Å². The van der Waals surface area contributed by atoms with Gasteiger partial charge in [0.15, 0.2) is 0 Å². The van der Waals surface area contributed by atoms with Crippen molar-refractivity contribution in [1.82, 2.24) is 0 Å². The predicted octanol–water partition coefficient (Wildman–Crippen LogP) is 2.69. The molecule has 2 atom stereocenters. The van der Waals surface area contributed by atoms with Crippen LogP contribution < -0.4 is 5.73 Å². The van der Waals surface area contributed by atoms with E-state index in [0.29, 0.717) is 18.4 Å². The van der Waals surface area contributed by atoms with Crippen molar-refractivity contribution in [3.05, 3.63) is 0 Å². The molecular weight excluding hydrogens is 186 g/mol. The van der Waals surface area contributed by atoms with Crippen LogP contribution >= 0.6 is 0 Å². The summed E-state index contributed by atoms with van der Waals surface area (Å²) in [7, 11) is 0. The molecule has 0 aromatic heterocycles. The minimum atomic E-state index is -0.145. The Morgan fingerprint density at radius 2 is 1.80 bits per heavy atom. The second-order valence-corrected chi connectivity index (χ2v) is 5.03. The molecule has 0 aromatic rings. The van der Waals surface area contributed by atoms with Crippen molar-refractivity contribution in [3.8, 4) is 0 Å². The van der Waals surface area contributed by atoms with Crippen molar-refractivity contribution >= 4 is 0 Å². The van der Waals surface area contributed by atoms with E-state index in [1.54, 1.807) is 0 Å². The van der Waals surface area contributed by atoms with Crippen molar-refractivity contribution in [2.75, 3.05) is 6.54 Å². The Labute approximate surface area is 94.2 Å². The molecule has 2 nitrogen and oxygen atoms in total. The van der Waals surface area contributed by atoms with Crippen molar-refractivity contribution in [2.24, 2.45) is 17.6 Å². The van der Waals surface area contributed by atoms with Gasteiger partial charge in [0.05, 0.1) is 6.10 Å². The highest BCUT2D eigenvalue weighted by Gasteiger charge is 2.26. The standard InChI is InChI=1S/C13H27NO/c1-2-7-12(10-14)13(15)11-8-5-3-4-6-9-11/h11-13,15H,2-10,14H2,1H3. The van der Waals surface area contributed by atoms with E-state index in [1.165, 1.54) is 38.5 Å². The molecule has 0 aromatic carbocycles. The number of aliphatic hydroxyl groups excluding tert-OH is 1. The first-order valence-electron chi connectivity index (χ1n) is 6.67. The zero-order valence-electron chi connectivity index (χ0n) is 10.1. The Bertz CT molecular complexity index is 153. The summed E-state index contributed by atoms with van der Waals surface area (Å²) < 4.78 is 0. The molecule has 1 aliphatic rings. The van der Waals surface area contributed by atoms with E-state index in [2.05, 4.69) is 6.92 Å². The first kappa shape index (κ1) is 13.0. The molecule has 1 saturated carbocycles. The van der Waals surface area contributed by atoms with Gasteiger partial charge in [-0.15, -0.1) is 0 Å². The Kier molecular flexibility index (Phi) is 6.26. The monoisotopic (exact) mass is 213 g/mol. The fourth-order valence-electron chi connectivity index (χ4n) is 2.84. The summed E-state index contributed by atoms with van der Waals surface area (Å²) in [4.78, 5) is 0. The summed E-state index contributed by atoms with van der Waals surface area (Å²) in [6.45, 7) is 2.81. The van der Waals surface area contributed by atoms with Crippen LogP contribution in [0.3, 0.4) is 0 Å². The highest BCUT2D eigenvalue weighted by molar-refractivity contribution is 4.78. The van der Waals surface area contributed by atoms with Gasteiger partial charge in [0.1, 0.15) is 0 Å². The summed E-state index contributed by atoms with van der Waals surface area (Å²) in [6, 6.07) is 0. The van der Waals surface area contributed by atoms with Crippen LogP contribution in [0.15, 0.2) is 0 Å². The first-order valence-corrected chi connectivity index (χ1v) is 6.67. The van der Waals surface area contributed by atoms with Crippen LogP contribution in [0.1, 0.15) is 58.3 Å². The van der Waals surface area contributed by atoms with Gasteiger partial charge in [-0.3, -0.25) is 0 Å². The summed E-state index contributed by atoms with van der Waals surface area (Å²) in [6.07, 6.45) is 9.78. The van der Waals surface area contributed by atoms with Gasteiger partial charge in [-0.1, -0.05) is 39.0 Å². The molecule has 3 N–H and O–H groups in total. The average Bonchev–Trinajstić information content (AvgIpc) is 2.53. The Hall–Kier alpha value is -0.0800. The molecule has 90 valence electrons. The zero-order chi connectivity index (χ0) is 11.1. The van der Waals surface area contributed by atoms with Gasteiger partial charge in [-0.2, -0.15) is 0 Å². The van der Waals surface area contributed by atoms with Gasteiger partial charge in [-0.25, -0.2) is 0 Å². The van der Waals surface area contributed by atoms with Crippen LogP contribution in [0.5, 0.6) is 0 Å². The van der Waals surface area contributed by atoms with E-state index in [1.807, 2.05) is 0 Å². The number of nitrogens with two attached hydrogens (primary N) is 1. The number of hydrogen-bond donors (Lipinski definition) is 2. The van der Waals surface area contributed by atoms with Gasteiger partial charge < -0.3 is 10.8 Å². The van der Waals surface area contributed by atoms with Gasteiger partial charge in [0.2, 0.25) is 0 Å². The highest BCUT2D eigenvalue weighted by atomic mass is 16.3. The summed E-state index contributed by atoms with van der Waals surface area (Å²) >= 11 is 0. The number of rotatable bonds is 5. The van der Waals surface area contributed by atoms with E-state index in [9.17, 15) is 5.11 Å². The summed E-state index contributed by atoms with van der Waals surface area (Å²) in [5, 5.41) is 10.3. The largest absolute Gasteiger partial charge is 0.393 e. The quantitative estimate of drug-likeness (QED) is 0.690. The maximum atomic E-state index is 10.3. The van der Waals surface area contributed by atoms with Gasteiger partial charge in [0.25, 0.3) is 0 Å². The van der Waals surface area contributed by atoms with Gasteiger partial charge in [-0.05, 0) is 37.6 Å². The second-order valence-electron chi connectivity index (χ2n) is 5.03. The first-order chi connectivity index (χ1) is 7.29. The van der Waals surface area contributed by atoms with E-state index in [0.717, 1.165) is 12.8 Å². The minimum absolute atomic E-state index is 0.145. The van der Waals surface area contributed by atoms with Crippen LogP contribution in [0, 0.1) is 11.8 Å². The Morgan fingerprint density at radius 3 is 2.27 bits per heavy atom. The van der Waals surface area contributed by atoms with Crippen LogP contribution in [0.4, 0.5) is 0 Å². The molecule has 2 heteroatoms. The lowest BCUT2D eigenvalue weighted by molar-refractivity contribution is 0.0425. The van der Waals surface area contributed by atoms with Crippen LogP contribution in [-0.4, -0.2) is 17.8 Å². The van der Waals surface area contributed by atoms with Gasteiger partial charge in [0, 0.05) is 0 Å². The van der Waals surface area contributed by atoms with Crippen molar-refractivity contribution in [2.45, 2.75) is 64.4 Å². The number of aliphatic hydroxyl groups is 1. The molecule has 0 aliphatic heterocycles. The maximum absolute atomic E-state index is 10.3. The SMILES string of the molecule is CCCC(CN)C(O)C1CCCCCC1. The van der Waals surface area contributed by atoms with E-state index < -0.39 is 0 Å². The molecular formula is C13H27NO. The van der Waals surface area contributed by atoms with Crippen molar-refractivity contribution in [3.63, 3.8) is 0 Å². The molecule has 0 spiro atoms. The molecule has 0 bridgehead atoms. The lowest BCUT2D eigenvalue weighted by Gasteiger charge is -2.28. The van der Waals surface area contributed by atoms with Crippen LogP contribution in [0.25, 0.3) is 0 Å². The molecule has 0 heterocycles. The topological polar surface area (TPSA) is 46.2 Å². The van der Waals surface area contributed by atoms with Crippen molar-refractivity contribution < 1.29 is 5.11 Å². The highest BCUT2D eigenvalue weighted by Crippen LogP contribution is 2.29. The van der Waals surface area contributed by atoms with E-state index >= 15 is 0 Å². The summed E-state index contributed by atoms with van der Waals surface area (Å²) in [5.74, 6) is 0.852. The third kappa shape index (κ3) is 4.12. The number of hydrogen-bond acceptors (Lipinski definition) is 2. The molecule has 0 amide bonds. The Balaban J connectivity index is 2.43. The van der Waals surface area contributed by atoms with E-state index in [-0.39, 0.29) is 6.10 Å². The molecule has 1 fully saturated rings. The van der Waals surface area contributed by atoms with E-state index in [4.69, 9.17) is 5.73 Å². The predicted molar refractivity (Wildman–Crippen MR) is 64.7 cm³/mol. The van der Waals surface area contributed by atoms with Crippen LogP contribution in [-0.2, 0) is 0 Å². The summed E-state index contributed by atoms with van der Waals surface area (Å²) in [5.41, 5.74) is 5.75. The van der Waals surface area contributed by atoms with Crippen LogP contribution in [0.2, 0.25) is 0 Å². The molecule has 0 radical (unpaired) electrons. The maximum Gasteiger partial charge on any atom is 0.0608 e. The lowest BCUT2D eigenvalue weighted by Crippen LogP contribution is -2.34. The zero-order valence-corrected chi connectivity index (χ0v) is 10.1. The average molecular weight is 213 g/mol. The fourth-order valence-corrected chi connectivity index (χ4v) is 2.84. The lowest BCUT2D eigenvalue weighted by atomic mass is 9.84.